The van der Waals surface area contributed by atoms with Crippen LogP contribution in [0.5, 0.6) is 0 Å². The smallest absolute Gasteiger partial charge is 0.160 e. The van der Waals surface area contributed by atoms with Gasteiger partial charge in [-0.3, -0.25) is 4.79 Å². The molecule has 0 aromatic carbocycles. The van der Waals surface area contributed by atoms with Gasteiger partial charge in [-0.05, 0) is 30.4 Å². The first kappa shape index (κ1) is 8.70. The van der Waals surface area contributed by atoms with Crippen molar-refractivity contribution in [1.82, 2.24) is 0 Å². The van der Waals surface area contributed by atoms with Crippen molar-refractivity contribution in [2.75, 3.05) is 13.2 Å². The van der Waals surface area contributed by atoms with Crippen molar-refractivity contribution in [2.24, 2.45) is 5.92 Å². The van der Waals surface area contributed by atoms with Gasteiger partial charge in [0.1, 0.15) is 0 Å². The Morgan fingerprint density at radius 2 is 2.08 bits per heavy atom. The Morgan fingerprint density at radius 3 is 2.69 bits per heavy atom. The Labute approximate surface area is 78.3 Å². The van der Waals surface area contributed by atoms with Crippen molar-refractivity contribution >= 4 is 5.78 Å². The molecule has 0 aromatic rings. The van der Waals surface area contributed by atoms with Crippen LogP contribution >= 0.6 is 0 Å². The van der Waals surface area contributed by atoms with Gasteiger partial charge in [-0.15, -0.1) is 0 Å². The van der Waals surface area contributed by atoms with Gasteiger partial charge in [0, 0.05) is 19.6 Å². The molecule has 0 saturated carbocycles. The highest BCUT2D eigenvalue weighted by Crippen LogP contribution is 2.21. The summed E-state index contributed by atoms with van der Waals surface area (Å²) in [4.78, 5) is 10.9. The summed E-state index contributed by atoms with van der Waals surface area (Å²) in [5.41, 5.74) is 1.19. The van der Waals surface area contributed by atoms with Crippen LogP contribution in [0.25, 0.3) is 0 Å². The van der Waals surface area contributed by atoms with Gasteiger partial charge in [0.15, 0.2) is 5.78 Å². The van der Waals surface area contributed by atoms with Crippen molar-refractivity contribution in [3.8, 4) is 0 Å². The molecule has 1 heterocycles. The van der Waals surface area contributed by atoms with E-state index < -0.39 is 0 Å². The summed E-state index contributed by atoms with van der Waals surface area (Å²) in [6.07, 6.45) is 8.67. The van der Waals surface area contributed by atoms with Crippen molar-refractivity contribution in [3.05, 3.63) is 23.8 Å². The van der Waals surface area contributed by atoms with Crippen molar-refractivity contribution in [2.45, 2.75) is 19.3 Å². The number of hydrogen-bond acceptors (Lipinski definition) is 2. The fraction of sp³-hybridized carbons (Fsp3) is 0.545. The summed E-state index contributed by atoms with van der Waals surface area (Å²) in [7, 11) is 0. The lowest BCUT2D eigenvalue weighted by molar-refractivity contribution is -0.113. The van der Waals surface area contributed by atoms with Crippen LogP contribution in [0, 0.1) is 5.92 Å². The molecule has 1 aliphatic carbocycles. The van der Waals surface area contributed by atoms with Crippen LogP contribution in [-0.2, 0) is 9.53 Å². The normalized spacial score (nSPS) is 27.4. The molecular weight excluding hydrogens is 164 g/mol. The van der Waals surface area contributed by atoms with Gasteiger partial charge in [0.2, 0.25) is 0 Å². The second-order valence-corrected chi connectivity index (χ2v) is 3.67. The minimum absolute atomic E-state index is 0.235. The molecule has 0 bridgehead atoms. The van der Waals surface area contributed by atoms with Crippen LogP contribution in [0.15, 0.2) is 23.8 Å². The lowest BCUT2D eigenvalue weighted by Crippen LogP contribution is -2.13. The molecule has 2 nitrogen and oxygen atoms in total. The average Bonchev–Trinajstić information content (AvgIpc) is 2.53. The van der Waals surface area contributed by atoms with Gasteiger partial charge in [-0.25, -0.2) is 0 Å². The Bertz CT molecular complexity index is 257. The topological polar surface area (TPSA) is 26.3 Å². The van der Waals surface area contributed by atoms with Crippen molar-refractivity contribution in [3.63, 3.8) is 0 Å². The third-order valence-corrected chi connectivity index (χ3v) is 2.58. The van der Waals surface area contributed by atoms with E-state index in [4.69, 9.17) is 4.74 Å². The molecule has 0 N–H and O–H groups in total. The van der Waals surface area contributed by atoms with Gasteiger partial charge in [0.25, 0.3) is 0 Å². The van der Waals surface area contributed by atoms with Crippen LogP contribution in [0.3, 0.4) is 0 Å². The second kappa shape index (κ2) is 3.88. The third kappa shape index (κ3) is 2.28. The van der Waals surface area contributed by atoms with Crippen molar-refractivity contribution < 1.29 is 9.53 Å². The third-order valence-electron chi connectivity index (χ3n) is 2.58. The van der Waals surface area contributed by atoms with E-state index in [9.17, 15) is 4.79 Å². The van der Waals surface area contributed by atoms with Gasteiger partial charge >= 0.3 is 0 Å². The van der Waals surface area contributed by atoms with Crippen LogP contribution in [-0.4, -0.2) is 19.0 Å². The van der Waals surface area contributed by atoms with Crippen LogP contribution in [0.2, 0.25) is 0 Å². The summed E-state index contributed by atoms with van der Waals surface area (Å²) in [6.45, 7) is 1.73. The number of carbonyl (C=O) groups is 1. The number of carbonyl (C=O) groups excluding carboxylic acids is 1. The molecule has 2 heteroatoms. The molecule has 0 spiro atoms. The monoisotopic (exact) mass is 178 g/mol. The highest BCUT2D eigenvalue weighted by atomic mass is 16.5. The molecule has 0 atom stereocenters. The Morgan fingerprint density at radius 1 is 1.31 bits per heavy atom. The largest absolute Gasteiger partial charge is 0.381 e. The Kier molecular flexibility index (Phi) is 2.60. The molecule has 2 rings (SSSR count). The fourth-order valence-electron chi connectivity index (χ4n) is 1.82. The molecule has 0 radical (unpaired) electrons. The fourth-order valence-corrected chi connectivity index (χ4v) is 1.82. The summed E-state index contributed by atoms with van der Waals surface area (Å²) >= 11 is 0. The lowest BCUT2D eigenvalue weighted by Gasteiger charge is -2.19. The van der Waals surface area contributed by atoms with E-state index in [0.29, 0.717) is 12.3 Å². The quantitative estimate of drug-likeness (QED) is 0.612. The maximum Gasteiger partial charge on any atom is 0.160 e. The molecule has 0 amide bonds. The first-order valence-electron chi connectivity index (χ1n) is 4.84. The van der Waals surface area contributed by atoms with Crippen LogP contribution < -0.4 is 0 Å². The number of ketones is 1. The van der Waals surface area contributed by atoms with E-state index in [-0.39, 0.29) is 5.78 Å². The molecule has 13 heavy (non-hydrogen) atoms. The predicted octanol–water partition coefficient (Wildman–Crippen LogP) is 1.87. The number of hydrogen-bond donors (Lipinski definition) is 0. The zero-order valence-electron chi connectivity index (χ0n) is 7.66. The van der Waals surface area contributed by atoms with Gasteiger partial charge in [0.05, 0.1) is 0 Å². The van der Waals surface area contributed by atoms with Crippen LogP contribution in [0.4, 0.5) is 0 Å². The summed E-state index contributed by atoms with van der Waals surface area (Å²) in [5, 5.41) is 0. The van der Waals surface area contributed by atoms with Gasteiger partial charge in [-0.1, -0.05) is 12.2 Å². The molecule has 0 unspecified atom stereocenters. The van der Waals surface area contributed by atoms with E-state index in [1.807, 2.05) is 6.08 Å². The van der Waals surface area contributed by atoms with E-state index in [0.717, 1.165) is 26.1 Å². The number of ether oxygens (including phenoxy) is 1. The first-order valence-corrected chi connectivity index (χ1v) is 4.84. The second-order valence-electron chi connectivity index (χ2n) is 3.67. The Balaban J connectivity index is 1.95. The number of rotatable bonds is 1. The van der Waals surface area contributed by atoms with E-state index in [1.54, 1.807) is 6.08 Å². The molecular formula is C11H14O2. The molecule has 2 aliphatic rings. The maximum absolute atomic E-state index is 10.9. The molecule has 1 fully saturated rings. The minimum Gasteiger partial charge on any atom is -0.381 e. The Hall–Kier alpha value is -0.890. The molecule has 70 valence electrons. The van der Waals surface area contributed by atoms with Gasteiger partial charge in [-0.2, -0.15) is 0 Å². The highest BCUT2D eigenvalue weighted by Gasteiger charge is 2.14. The highest BCUT2D eigenvalue weighted by molar-refractivity contribution is 5.95. The maximum atomic E-state index is 10.9. The SMILES string of the molecule is O=C1C=CC(=CC2CCOCC2)C1. The molecule has 1 aliphatic heterocycles. The first-order chi connectivity index (χ1) is 6.34. The minimum atomic E-state index is 0.235. The summed E-state index contributed by atoms with van der Waals surface area (Å²) in [5.74, 6) is 0.859. The van der Waals surface area contributed by atoms with Crippen molar-refractivity contribution in [1.29, 1.82) is 0 Å². The zero-order valence-corrected chi connectivity index (χ0v) is 7.66. The standard InChI is InChI=1S/C11H14O2/c12-11-2-1-10(8-11)7-9-3-5-13-6-4-9/h1-2,7,9H,3-6,8H2. The lowest BCUT2D eigenvalue weighted by atomic mass is 9.97. The zero-order chi connectivity index (χ0) is 9.10. The van der Waals surface area contributed by atoms with Gasteiger partial charge < -0.3 is 4.74 Å². The summed E-state index contributed by atoms with van der Waals surface area (Å²) in [6, 6.07) is 0. The van der Waals surface area contributed by atoms with Crippen LogP contribution in [0.1, 0.15) is 19.3 Å². The molecule has 0 aromatic heterocycles. The van der Waals surface area contributed by atoms with E-state index >= 15 is 0 Å². The van der Waals surface area contributed by atoms with E-state index in [1.165, 1.54) is 5.57 Å². The molecule has 1 saturated heterocycles. The predicted molar refractivity (Wildman–Crippen MR) is 50.4 cm³/mol. The average molecular weight is 178 g/mol. The number of allylic oxidation sites excluding steroid dienone is 4. The van der Waals surface area contributed by atoms with E-state index in [2.05, 4.69) is 6.08 Å². The summed E-state index contributed by atoms with van der Waals surface area (Å²) < 4.78 is 5.27.